The Kier molecular flexibility index (Phi) is 8.36. The van der Waals surface area contributed by atoms with E-state index in [2.05, 4.69) is 27.4 Å². The zero-order valence-electron chi connectivity index (χ0n) is 13.5. The van der Waals surface area contributed by atoms with E-state index in [9.17, 15) is 4.79 Å². The monoisotopic (exact) mass is 324 g/mol. The number of halogens is 1. The molecule has 2 N–H and O–H groups in total. The summed E-state index contributed by atoms with van der Waals surface area (Å²) in [5.74, 6) is 0.669. The SMILES string of the molecule is CCCCN(C)C(=NC)NCCNC(=O)c1ccccc1Cl. The maximum atomic E-state index is 12.0. The van der Waals surface area contributed by atoms with Crippen LogP contribution in [0, 0.1) is 0 Å². The molecule has 1 amide bonds. The number of carbonyl (C=O) groups excluding carboxylic acids is 1. The van der Waals surface area contributed by atoms with Crippen molar-refractivity contribution < 1.29 is 4.79 Å². The first-order chi connectivity index (χ1) is 10.6. The third-order valence-electron chi connectivity index (χ3n) is 3.23. The molecule has 1 rings (SSSR count). The van der Waals surface area contributed by atoms with Crippen molar-refractivity contribution in [1.82, 2.24) is 15.5 Å². The number of amides is 1. The third-order valence-corrected chi connectivity index (χ3v) is 3.56. The molecule has 0 aliphatic heterocycles. The first-order valence-corrected chi connectivity index (χ1v) is 7.92. The second-order valence-electron chi connectivity index (χ2n) is 4.98. The van der Waals surface area contributed by atoms with Gasteiger partial charge in [0.25, 0.3) is 5.91 Å². The molecule has 0 radical (unpaired) electrons. The van der Waals surface area contributed by atoms with E-state index in [1.54, 1.807) is 31.3 Å². The molecule has 0 unspecified atom stereocenters. The quantitative estimate of drug-likeness (QED) is 0.460. The maximum Gasteiger partial charge on any atom is 0.252 e. The number of rotatable bonds is 7. The first-order valence-electron chi connectivity index (χ1n) is 7.54. The van der Waals surface area contributed by atoms with Crippen molar-refractivity contribution >= 4 is 23.5 Å². The Balaban J connectivity index is 2.35. The lowest BCUT2D eigenvalue weighted by atomic mass is 10.2. The highest BCUT2D eigenvalue weighted by molar-refractivity contribution is 6.33. The number of carbonyl (C=O) groups is 1. The van der Waals surface area contributed by atoms with Crippen molar-refractivity contribution in [3.63, 3.8) is 0 Å². The van der Waals surface area contributed by atoms with Crippen LogP contribution in [0.4, 0.5) is 0 Å². The van der Waals surface area contributed by atoms with Crippen LogP contribution in [0.3, 0.4) is 0 Å². The number of hydrogen-bond donors (Lipinski definition) is 2. The van der Waals surface area contributed by atoms with Crippen molar-refractivity contribution in [3.8, 4) is 0 Å². The number of aliphatic imine (C=N–C) groups is 1. The van der Waals surface area contributed by atoms with Crippen LogP contribution in [0.1, 0.15) is 30.1 Å². The van der Waals surface area contributed by atoms with Crippen LogP contribution in [0.2, 0.25) is 5.02 Å². The van der Waals surface area contributed by atoms with Gasteiger partial charge in [-0.15, -0.1) is 0 Å². The van der Waals surface area contributed by atoms with Gasteiger partial charge in [-0.05, 0) is 18.6 Å². The minimum atomic E-state index is -0.165. The molecule has 0 heterocycles. The average molecular weight is 325 g/mol. The Morgan fingerprint density at radius 1 is 1.27 bits per heavy atom. The molecule has 122 valence electrons. The Morgan fingerprint density at radius 2 is 1.95 bits per heavy atom. The minimum Gasteiger partial charge on any atom is -0.354 e. The minimum absolute atomic E-state index is 0.165. The highest BCUT2D eigenvalue weighted by Crippen LogP contribution is 2.14. The highest BCUT2D eigenvalue weighted by atomic mass is 35.5. The predicted octanol–water partition coefficient (Wildman–Crippen LogP) is 2.38. The molecule has 0 aliphatic rings. The molecule has 0 fully saturated rings. The number of nitrogens with zero attached hydrogens (tertiary/aromatic N) is 2. The van der Waals surface area contributed by atoms with Crippen LogP contribution < -0.4 is 10.6 Å². The normalized spacial score (nSPS) is 11.2. The second-order valence-corrected chi connectivity index (χ2v) is 5.39. The molecule has 0 saturated carbocycles. The second kappa shape index (κ2) is 10.1. The Morgan fingerprint density at radius 3 is 2.59 bits per heavy atom. The number of nitrogens with one attached hydrogen (secondary N) is 2. The van der Waals surface area contributed by atoms with Crippen LogP contribution in [0.25, 0.3) is 0 Å². The lowest BCUT2D eigenvalue weighted by Crippen LogP contribution is -2.42. The lowest BCUT2D eigenvalue weighted by Gasteiger charge is -2.21. The molecule has 1 aromatic carbocycles. The molecule has 0 saturated heterocycles. The Bertz CT molecular complexity index is 505. The van der Waals surface area contributed by atoms with E-state index >= 15 is 0 Å². The zero-order chi connectivity index (χ0) is 16.4. The Hall–Kier alpha value is -1.75. The summed E-state index contributed by atoms with van der Waals surface area (Å²) < 4.78 is 0. The van der Waals surface area contributed by atoms with E-state index in [0.29, 0.717) is 23.7 Å². The van der Waals surface area contributed by atoms with Crippen LogP contribution >= 0.6 is 11.6 Å². The van der Waals surface area contributed by atoms with E-state index in [0.717, 1.165) is 25.3 Å². The molecular formula is C16H25ClN4O. The standard InChI is InChI=1S/C16H25ClN4O/c1-4-5-12-21(3)16(18-2)20-11-10-19-15(22)13-8-6-7-9-14(13)17/h6-9H,4-5,10-12H2,1-3H3,(H,18,20)(H,19,22). The lowest BCUT2D eigenvalue weighted by molar-refractivity contribution is 0.0954. The average Bonchev–Trinajstić information content (AvgIpc) is 2.52. The first kappa shape index (κ1) is 18.3. The smallest absolute Gasteiger partial charge is 0.252 e. The van der Waals surface area contributed by atoms with Crippen molar-refractivity contribution in [2.45, 2.75) is 19.8 Å². The molecule has 0 atom stereocenters. The highest BCUT2D eigenvalue weighted by Gasteiger charge is 2.09. The van der Waals surface area contributed by atoms with Crippen LogP contribution in [-0.4, -0.2) is 50.5 Å². The molecule has 22 heavy (non-hydrogen) atoms. The van der Waals surface area contributed by atoms with Crippen LogP contribution in [0.5, 0.6) is 0 Å². The maximum absolute atomic E-state index is 12.0. The van der Waals surface area contributed by atoms with Crippen molar-refractivity contribution in [3.05, 3.63) is 34.9 Å². The van der Waals surface area contributed by atoms with Gasteiger partial charge in [-0.2, -0.15) is 0 Å². The summed E-state index contributed by atoms with van der Waals surface area (Å²) in [6, 6.07) is 7.02. The predicted molar refractivity (Wildman–Crippen MR) is 92.7 cm³/mol. The molecule has 0 spiro atoms. The van der Waals surface area contributed by atoms with E-state index < -0.39 is 0 Å². The summed E-state index contributed by atoms with van der Waals surface area (Å²) in [4.78, 5) is 18.3. The fourth-order valence-corrected chi connectivity index (χ4v) is 2.20. The van der Waals surface area contributed by atoms with E-state index in [1.165, 1.54) is 0 Å². The number of unbranched alkanes of at least 4 members (excludes halogenated alkanes) is 1. The van der Waals surface area contributed by atoms with Crippen molar-refractivity contribution in [1.29, 1.82) is 0 Å². The van der Waals surface area contributed by atoms with Crippen molar-refractivity contribution in [2.75, 3.05) is 33.7 Å². The fourth-order valence-electron chi connectivity index (χ4n) is 1.98. The van der Waals surface area contributed by atoms with Crippen LogP contribution in [0.15, 0.2) is 29.3 Å². The molecule has 6 heteroatoms. The van der Waals surface area contributed by atoms with E-state index in [1.807, 2.05) is 7.05 Å². The summed E-state index contributed by atoms with van der Waals surface area (Å²) in [7, 11) is 3.76. The van der Waals surface area contributed by atoms with Gasteiger partial charge in [-0.1, -0.05) is 37.1 Å². The van der Waals surface area contributed by atoms with Gasteiger partial charge in [-0.3, -0.25) is 9.79 Å². The number of hydrogen-bond acceptors (Lipinski definition) is 2. The van der Waals surface area contributed by atoms with Crippen LogP contribution in [-0.2, 0) is 0 Å². The van der Waals surface area contributed by atoms with Gasteiger partial charge < -0.3 is 15.5 Å². The molecular weight excluding hydrogens is 300 g/mol. The van der Waals surface area contributed by atoms with Gasteiger partial charge in [0.15, 0.2) is 5.96 Å². The van der Waals surface area contributed by atoms with Gasteiger partial charge in [-0.25, -0.2) is 0 Å². The molecule has 0 bridgehead atoms. The van der Waals surface area contributed by atoms with E-state index in [-0.39, 0.29) is 5.91 Å². The summed E-state index contributed by atoms with van der Waals surface area (Å²) >= 11 is 5.99. The van der Waals surface area contributed by atoms with Gasteiger partial charge in [0.2, 0.25) is 0 Å². The summed E-state index contributed by atoms with van der Waals surface area (Å²) in [6.07, 6.45) is 2.27. The fraction of sp³-hybridized carbons (Fsp3) is 0.500. The van der Waals surface area contributed by atoms with Gasteiger partial charge in [0.05, 0.1) is 10.6 Å². The van der Waals surface area contributed by atoms with Gasteiger partial charge in [0, 0.05) is 33.7 Å². The van der Waals surface area contributed by atoms with Crippen molar-refractivity contribution in [2.24, 2.45) is 4.99 Å². The zero-order valence-corrected chi connectivity index (χ0v) is 14.3. The largest absolute Gasteiger partial charge is 0.354 e. The topological polar surface area (TPSA) is 56.7 Å². The number of guanidine groups is 1. The third kappa shape index (κ3) is 5.93. The molecule has 0 aliphatic carbocycles. The summed E-state index contributed by atoms with van der Waals surface area (Å²) in [5, 5.41) is 6.53. The molecule has 1 aromatic rings. The Labute approximate surface area is 137 Å². The summed E-state index contributed by atoms with van der Waals surface area (Å²) in [5.41, 5.74) is 0.494. The molecule has 0 aromatic heterocycles. The number of benzene rings is 1. The molecule has 5 nitrogen and oxygen atoms in total. The van der Waals surface area contributed by atoms with E-state index in [4.69, 9.17) is 11.6 Å². The summed E-state index contributed by atoms with van der Waals surface area (Å²) in [6.45, 7) is 4.24. The van der Waals surface area contributed by atoms with Gasteiger partial charge >= 0.3 is 0 Å². The van der Waals surface area contributed by atoms with Gasteiger partial charge in [0.1, 0.15) is 0 Å².